The molecule has 0 unspecified atom stereocenters. The Morgan fingerprint density at radius 1 is 1.14 bits per heavy atom. The van der Waals surface area contributed by atoms with Crippen LogP contribution in [0, 0.1) is 0 Å². The molecule has 2 aromatic heterocycles. The van der Waals surface area contributed by atoms with Crippen molar-refractivity contribution in [2.45, 2.75) is 26.8 Å². The zero-order chi connectivity index (χ0) is 16.2. The van der Waals surface area contributed by atoms with Crippen LogP contribution < -0.4 is 11.1 Å². The van der Waals surface area contributed by atoms with Crippen molar-refractivity contribution in [3.8, 4) is 0 Å². The highest BCUT2D eigenvalue weighted by atomic mass is 31.2. The zero-order valence-electron chi connectivity index (χ0n) is 12.4. The molecule has 2 N–H and O–H groups in total. The molecule has 0 aliphatic rings. The number of aryl methyl sites for hydroxylation is 1. The first-order chi connectivity index (χ1) is 10.5. The highest BCUT2D eigenvalue weighted by Gasteiger charge is 2.23. The second-order valence-corrected chi connectivity index (χ2v) is 6.63. The zero-order valence-corrected chi connectivity index (χ0v) is 13.3. The molecular weight excluding hydrogens is 313 g/mol. The first-order valence-corrected chi connectivity index (χ1v) is 8.66. The number of aromatic nitrogens is 5. The molecule has 0 aliphatic carbocycles. The Kier molecular flexibility index (Phi) is 5.28. The number of hydrogen-bond donors (Lipinski definition) is 2. The predicted molar refractivity (Wildman–Crippen MR) is 79.1 cm³/mol. The van der Waals surface area contributed by atoms with Crippen LogP contribution in [0.2, 0.25) is 0 Å². The Labute approximate surface area is 125 Å². The average molecular weight is 331 g/mol. The van der Waals surface area contributed by atoms with Crippen molar-refractivity contribution in [1.82, 2.24) is 25.2 Å². The summed E-state index contributed by atoms with van der Waals surface area (Å²) in [6.45, 7) is 4.33. The maximum absolute atomic E-state index is 12.3. The van der Waals surface area contributed by atoms with Crippen molar-refractivity contribution < 1.29 is 13.6 Å². The Morgan fingerprint density at radius 3 is 2.41 bits per heavy atom. The normalized spacial score (nSPS) is 12.1. The number of nitrogens with one attached hydrogen (secondary N) is 2. The van der Waals surface area contributed by atoms with Gasteiger partial charge in [-0.15, -0.1) is 5.10 Å². The van der Waals surface area contributed by atoms with Gasteiger partial charge < -0.3 is 9.05 Å². The molecule has 2 heterocycles. The Bertz CT molecular complexity index is 784. The first kappa shape index (κ1) is 16.6. The fourth-order valence-electron chi connectivity index (χ4n) is 2.05. The summed E-state index contributed by atoms with van der Waals surface area (Å²) in [5.41, 5.74) is -0.944. The third-order valence-corrected chi connectivity index (χ3v) is 5.08. The molecule has 0 aromatic carbocycles. The molecule has 0 saturated carbocycles. The van der Waals surface area contributed by atoms with Crippen LogP contribution in [0.5, 0.6) is 0 Å². The lowest BCUT2D eigenvalue weighted by Crippen LogP contribution is -2.21. The van der Waals surface area contributed by atoms with Crippen LogP contribution in [0.3, 0.4) is 0 Å². The smallest absolute Gasteiger partial charge is 0.309 e. The van der Waals surface area contributed by atoms with E-state index >= 15 is 0 Å². The lowest BCUT2D eigenvalue weighted by molar-refractivity contribution is 0.219. The largest absolute Gasteiger partial charge is 0.330 e. The molecule has 22 heavy (non-hydrogen) atoms. The van der Waals surface area contributed by atoms with Crippen LogP contribution in [-0.2, 0) is 20.2 Å². The van der Waals surface area contributed by atoms with Crippen LogP contribution in [0.4, 0.5) is 0 Å². The summed E-state index contributed by atoms with van der Waals surface area (Å²) in [7, 11) is -3.13. The molecule has 0 atom stereocenters. The lowest BCUT2D eigenvalue weighted by Gasteiger charge is -2.16. The van der Waals surface area contributed by atoms with Gasteiger partial charge in [-0.1, -0.05) is 5.21 Å². The number of hydrogen-bond acceptors (Lipinski definition) is 7. The van der Waals surface area contributed by atoms with E-state index in [4.69, 9.17) is 9.05 Å². The van der Waals surface area contributed by atoms with Gasteiger partial charge in [0.15, 0.2) is 11.0 Å². The molecule has 0 aliphatic heterocycles. The fraction of sp³-hybridized carbons (Fsp3) is 0.636. The van der Waals surface area contributed by atoms with Crippen molar-refractivity contribution in [2.24, 2.45) is 0 Å². The summed E-state index contributed by atoms with van der Waals surface area (Å²) in [5, 5.41) is 11.9. The molecule has 0 radical (unpaired) electrons. The number of nitrogens with zero attached hydrogens (tertiary/aromatic N) is 3. The van der Waals surface area contributed by atoms with Gasteiger partial charge in [0.1, 0.15) is 0 Å². The van der Waals surface area contributed by atoms with Gasteiger partial charge in [-0.25, -0.2) is 4.68 Å². The van der Waals surface area contributed by atoms with Crippen molar-refractivity contribution in [3.05, 3.63) is 20.7 Å². The van der Waals surface area contributed by atoms with E-state index in [2.05, 4.69) is 20.5 Å². The molecule has 0 spiro atoms. The summed E-state index contributed by atoms with van der Waals surface area (Å²) in [6, 6.07) is 0. The SMILES string of the molecule is CCOP(=O)(CCCn1nnc2c(=O)[nH][nH]c(=O)c21)OCC. The number of rotatable bonds is 8. The predicted octanol–water partition coefficient (Wildman–Crippen LogP) is 0.464. The number of aromatic amines is 2. The van der Waals surface area contributed by atoms with Crippen LogP contribution in [-0.4, -0.2) is 44.6 Å². The van der Waals surface area contributed by atoms with E-state index in [1.54, 1.807) is 13.8 Å². The molecule has 0 bridgehead atoms. The molecular formula is C11H18N5O5P. The third-order valence-electron chi connectivity index (χ3n) is 2.91. The van der Waals surface area contributed by atoms with E-state index in [1.807, 2.05) is 0 Å². The third kappa shape index (κ3) is 3.52. The van der Waals surface area contributed by atoms with Crippen LogP contribution >= 0.6 is 7.60 Å². The second kappa shape index (κ2) is 6.99. The second-order valence-electron chi connectivity index (χ2n) is 4.44. The van der Waals surface area contributed by atoms with Crippen molar-refractivity contribution in [3.63, 3.8) is 0 Å². The number of H-pyrrole nitrogens is 2. The van der Waals surface area contributed by atoms with Crippen molar-refractivity contribution in [1.29, 1.82) is 0 Å². The lowest BCUT2D eigenvalue weighted by atomic mass is 10.4. The van der Waals surface area contributed by atoms with Gasteiger partial charge in [0, 0.05) is 6.54 Å². The van der Waals surface area contributed by atoms with Gasteiger partial charge in [0.2, 0.25) is 0 Å². The summed E-state index contributed by atoms with van der Waals surface area (Å²) in [4.78, 5) is 23.3. The minimum absolute atomic E-state index is 0.0263. The molecule has 2 aromatic rings. The van der Waals surface area contributed by atoms with E-state index in [-0.39, 0.29) is 23.7 Å². The van der Waals surface area contributed by atoms with Crippen molar-refractivity contribution in [2.75, 3.05) is 19.4 Å². The van der Waals surface area contributed by atoms with E-state index in [1.165, 1.54) is 4.68 Å². The molecule has 0 fully saturated rings. The van der Waals surface area contributed by atoms with Crippen LogP contribution in [0.25, 0.3) is 11.0 Å². The van der Waals surface area contributed by atoms with E-state index in [0.717, 1.165) is 0 Å². The molecule has 122 valence electrons. The summed E-state index contributed by atoms with van der Waals surface area (Å²) < 4.78 is 24.0. The van der Waals surface area contributed by atoms with Crippen LogP contribution in [0.1, 0.15) is 20.3 Å². The minimum Gasteiger partial charge on any atom is -0.309 e. The highest BCUT2D eigenvalue weighted by molar-refractivity contribution is 7.53. The maximum atomic E-state index is 12.3. The molecule has 2 rings (SSSR count). The average Bonchev–Trinajstić information content (AvgIpc) is 2.89. The van der Waals surface area contributed by atoms with Gasteiger partial charge in [-0.05, 0) is 20.3 Å². The van der Waals surface area contributed by atoms with Crippen molar-refractivity contribution >= 4 is 18.6 Å². The minimum atomic E-state index is -3.13. The van der Waals surface area contributed by atoms with E-state index in [9.17, 15) is 14.2 Å². The van der Waals surface area contributed by atoms with Gasteiger partial charge in [-0.2, -0.15) is 0 Å². The van der Waals surface area contributed by atoms with E-state index < -0.39 is 18.7 Å². The summed E-state index contributed by atoms with van der Waals surface area (Å²) in [5.74, 6) is 0. The maximum Gasteiger partial charge on any atom is 0.330 e. The van der Waals surface area contributed by atoms with Gasteiger partial charge >= 0.3 is 7.60 Å². The highest BCUT2D eigenvalue weighted by Crippen LogP contribution is 2.48. The monoisotopic (exact) mass is 331 g/mol. The Balaban J connectivity index is 2.13. The molecule has 0 amide bonds. The summed E-state index contributed by atoms with van der Waals surface area (Å²) >= 11 is 0. The Morgan fingerprint density at radius 2 is 1.77 bits per heavy atom. The quantitative estimate of drug-likeness (QED) is 0.672. The van der Waals surface area contributed by atoms with Gasteiger partial charge in [-0.3, -0.25) is 24.4 Å². The standard InChI is InChI=1S/C11H18N5O5P/c1-3-20-22(19,21-4-2)7-5-6-16-9-8(12-15-16)10(17)13-14-11(9)18/h3-7H2,1-2H3,(H,13,17)(H,14,18). The fourth-order valence-corrected chi connectivity index (χ4v) is 3.70. The summed E-state index contributed by atoms with van der Waals surface area (Å²) in [6.07, 6.45) is 0.596. The van der Waals surface area contributed by atoms with E-state index in [0.29, 0.717) is 19.6 Å². The first-order valence-electron chi connectivity index (χ1n) is 6.93. The number of fused-ring (bicyclic) bond motifs is 1. The molecule has 10 nitrogen and oxygen atoms in total. The van der Waals surface area contributed by atoms with Gasteiger partial charge in [0.05, 0.1) is 19.4 Å². The molecule has 0 saturated heterocycles. The topological polar surface area (TPSA) is 132 Å². The van der Waals surface area contributed by atoms with Gasteiger partial charge in [0.25, 0.3) is 11.1 Å². The van der Waals surface area contributed by atoms with Crippen LogP contribution in [0.15, 0.2) is 9.59 Å². The molecule has 11 heteroatoms. The Hall–Kier alpha value is -1.77.